The average molecular weight is 165 g/mol. The molecule has 2 heteroatoms. The van der Waals surface area contributed by atoms with Crippen molar-refractivity contribution in [2.45, 2.75) is 46.6 Å². The summed E-state index contributed by atoms with van der Waals surface area (Å²) >= 11 is 0. The van der Waals surface area contributed by atoms with Gasteiger partial charge >= 0.3 is 0 Å². The summed E-state index contributed by atoms with van der Waals surface area (Å²) in [5, 5.41) is 4.46. The molecule has 0 bridgehead atoms. The first kappa shape index (κ1) is 9.30. The van der Waals surface area contributed by atoms with Crippen LogP contribution in [0.5, 0.6) is 0 Å². The molecular formula is C10H17N2. The molecule has 0 amide bonds. The highest BCUT2D eigenvalue weighted by Crippen LogP contribution is 2.15. The first-order valence-electron chi connectivity index (χ1n) is 4.43. The summed E-state index contributed by atoms with van der Waals surface area (Å²) in [6.07, 6.45) is 4.23. The van der Waals surface area contributed by atoms with Crippen LogP contribution in [-0.2, 0) is 12.0 Å². The number of rotatable bonds is 1. The van der Waals surface area contributed by atoms with E-state index in [1.807, 2.05) is 4.68 Å². The van der Waals surface area contributed by atoms with Gasteiger partial charge in [-0.2, -0.15) is 5.10 Å². The molecular weight excluding hydrogens is 148 g/mol. The molecule has 0 N–H and O–H groups in total. The fourth-order valence-corrected chi connectivity index (χ4v) is 1.10. The van der Waals surface area contributed by atoms with Gasteiger partial charge in [-0.25, -0.2) is 0 Å². The monoisotopic (exact) mass is 165 g/mol. The molecule has 67 valence electrons. The molecule has 12 heavy (non-hydrogen) atoms. The highest BCUT2D eigenvalue weighted by molar-refractivity contribution is 5.13. The van der Waals surface area contributed by atoms with Crippen LogP contribution in [0.15, 0.2) is 0 Å². The Morgan fingerprint density at radius 2 is 2.00 bits per heavy atom. The lowest BCUT2D eigenvalue weighted by atomic mass is 10.1. The zero-order valence-corrected chi connectivity index (χ0v) is 8.60. The second kappa shape index (κ2) is 2.92. The minimum absolute atomic E-state index is 0.0537. The van der Waals surface area contributed by atoms with E-state index in [0.717, 1.165) is 12.1 Å². The molecule has 1 aromatic heterocycles. The van der Waals surface area contributed by atoms with E-state index < -0.39 is 0 Å². The summed E-state index contributed by atoms with van der Waals surface area (Å²) in [4.78, 5) is 0. The van der Waals surface area contributed by atoms with Gasteiger partial charge in [0.25, 0.3) is 0 Å². The Balaban J connectivity index is 3.05. The molecule has 0 aliphatic carbocycles. The van der Waals surface area contributed by atoms with E-state index >= 15 is 0 Å². The molecule has 1 radical (unpaired) electrons. The molecule has 0 aromatic carbocycles. The number of nitrogens with zero attached hydrogens (tertiary/aromatic N) is 2. The van der Waals surface area contributed by atoms with Gasteiger partial charge in [-0.15, -0.1) is 0 Å². The fraction of sp³-hybridized carbons (Fsp3) is 0.700. The Kier molecular flexibility index (Phi) is 2.27. The number of aromatic nitrogens is 2. The molecule has 0 aliphatic heterocycles. The van der Waals surface area contributed by atoms with Crippen LogP contribution in [0, 0.1) is 13.1 Å². The normalized spacial score (nSPS) is 12.1. The summed E-state index contributed by atoms with van der Waals surface area (Å²) in [5.41, 5.74) is 2.38. The number of hydrogen-bond donors (Lipinski definition) is 0. The summed E-state index contributed by atoms with van der Waals surface area (Å²) < 4.78 is 1.92. The zero-order chi connectivity index (χ0) is 9.35. The molecule has 0 saturated heterocycles. The van der Waals surface area contributed by atoms with Gasteiger partial charge in [-0.05, 0) is 39.7 Å². The molecule has 0 aliphatic rings. The molecule has 0 saturated carbocycles. The Morgan fingerprint density at radius 1 is 1.42 bits per heavy atom. The lowest BCUT2D eigenvalue weighted by Gasteiger charge is -2.18. The van der Waals surface area contributed by atoms with Crippen LogP contribution < -0.4 is 0 Å². The van der Waals surface area contributed by atoms with Crippen LogP contribution in [0.2, 0.25) is 0 Å². The summed E-state index contributed by atoms with van der Waals surface area (Å²) in [5.74, 6) is 0. The third kappa shape index (κ3) is 1.68. The van der Waals surface area contributed by atoms with Crippen molar-refractivity contribution in [3.8, 4) is 0 Å². The van der Waals surface area contributed by atoms with Crippen molar-refractivity contribution in [2.75, 3.05) is 0 Å². The predicted molar refractivity (Wildman–Crippen MR) is 50.2 cm³/mol. The van der Waals surface area contributed by atoms with Gasteiger partial charge in [0.05, 0.1) is 17.4 Å². The van der Waals surface area contributed by atoms with E-state index in [1.165, 1.54) is 5.56 Å². The highest BCUT2D eigenvalue weighted by atomic mass is 15.3. The molecule has 1 aromatic rings. The van der Waals surface area contributed by atoms with E-state index in [0.29, 0.717) is 0 Å². The summed E-state index contributed by atoms with van der Waals surface area (Å²) in [7, 11) is 0. The Labute approximate surface area is 74.6 Å². The van der Waals surface area contributed by atoms with Crippen molar-refractivity contribution in [2.24, 2.45) is 0 Å². The van der Waals surface area contributed by atoms with E-state index in [4.69, 9.17) is 0 Å². The van der Waals surface area contributed by atoms with Gasteiger partial charge in [0.2, 0.25) is 0 Å². The number of aryl methyl sites for hydroxylation is 2. The minimum Gasteiger partial charge on any atom is -0.257 e. The maximum atomic E-state index is 4.46. The standard InChI is InChI=1S/C10H17N2/c1-6-9-8(2)7-12(11-9)10(3,4)5/h6H2,1-5H3. The van der Waals surface area contributed by atoms with Crippen LogP contribution in [0.25, 0.3) is 0 Å². The smallest absolute Gasteiger partial charge is 0.0904 e. The van der Waals surface area contributed by atoms with Crippen LogP contribution in [-0.4, -0.2) is 9.78 Å². The van der Waals surface area contributed by atoms with E-state index in [9.17, 15) is 0 Å². The Morgan fingerprint density at radius 3 is 2.25 bits per heavy atom. The first-order valence-corrected chi connectivity index (χ1v) is 4.43. The SMILES string of the molecule is CCc1nn(C(C)(C)C)[c]c1C. The van der Waals surface area contributed by atoms with E-state index in [1.54, 1.807) is 0 Å². The van der Waals surface area contributed by atoms with Gasteiger partial charge in [0, 0.05) is 0 Å². The van der Waals surface area contributed by atoms with Crippen molar-refractivity contribution >= 4 is 0 Å². The van der Waals surface area contributed by atoms with Crippen LogP contribution >= 0.6 is 0 Å². The van der Waals surface area contributed by atoms with Crippen molar-refractivity contribution in [1.82, 2.24) is 9.78 Å². The van der Waals surface area contributed by atoms with Gasteiger partial charge in [-0.1, -0.05) is 6.92 Å². The Hall–Kier alpha value is -0.790. The minimum atomic E-state index is 0.0537. The third-order valence-electron chi connectivity index (χ3n) is 1.90. The van der Waals surface area contributed by atoms with Crippen LogP contribution in [0.1, 0.15) is 39.0 Å². The summed E-state index contributed by atoms with van der Waals surface area (Å²) in [6, 6.07) is 0. The highest BCUT2D eigenvalue weighted by Gasteiger charge is 2.15. The van der Waals surface area contributed by atoms with Gasteiger partial charge in [-0.3, -0.25) is 4.68 Å². The largest absolute Gasteiger partial charge is 0.257 e. The van der Waals surface area contributed by atoms with Crippen molar-refractivity contribution < 1.29 is 0 Å². The van der Waals surface area contributed by atoms with Crippen molar-refractivity contribution in [1.29, 1.82) is 0 Å². The maximum Gasteiger partial charge on any atom is 0.0904 e. The van der Waals surface area contributed by atoms with Gasteiger partial charge < -0.3 is 0 Å². The fourth-order valence-electron chi connectivity index (χ4n) is 1.10. The van der Waals surface area contributed by atoms with Crippen LogP contribution in [0.4, 0.5) is 0 Å². The predicted octanol–water partition coefficient (Wildman–Crippen LogP) is 2.31. The van der Waals surface area contributed by atoms with Crippen molar-refractivity contribution in [3.63, 3.8) is 0 Å². The lowest BCUT2D eigenvalue weighted by Crippen LogP contribution is -2.22. The molecule has 1 heterocycles. The Bertz CT molecular complexity index is 266. The quantitative estimate of drug-likeness (QED) is 0.624. The average Bonchev–Trinajstić information content (AvgIpc) is 2.29. The summed E-state index contributed by atoms with van der Waals surface area (Å²) in [6.45, 7) is 10.6. The van der Waals surface area contributed by atoms with E-state index in [-0.39, 0.29) is 5.54 Å². The third-order valence-corrected chi connectivity index (χ3v) is 1.90. The number of hydrogen-bond acceptors (Lipinski definition) is 1. The molecule has 1 rings (SSSR count). The van der Waals surface area contributed by atoms with Crippen molar-refractivity contribution in [3.05, 3.63) is 17.5 Å². The zero-order valence-electron chi connectivity index (χ0n) is 8.60. The van der Waals surface area contributed by atoms with Gasteiger partial charge in [0.1, 0.15) is 0 Å². The molecule has 0 spiro atoms. The molecule has 0 unspecified atom stereocenters. The molecule has 2 nitrogen and oxygen atoms in total. The van der Waals surface area contributed by atoms with E-state index in [2.05, 4.69) is 45.9 Å². The maximum absolute atomic E-state index is 4.46. The van der Waals surface area contributed by atoms with Crippen LogP contribution in [0.3, 0.4) is 0 Å². The molecule has 0 fully saturated rings. The molecule has 0 atom stereocenters. The van der Waals surface area contributed by atoms with Gasteiger partial charge in [0.15, 0.2) is 0 Å². The topological polar surface area (TPSA) is 17.8 Å². The second-order valence-corrected chi connectivity index (χ2v) is 4.12. The lowest BCUT2D eigenvalue weighted by molar-refractivity contribution is 0.351. The second-order valence-electron chi connectivity index (χ2n) is 4.12. The first-order chi connectivity index (χ1) is 5.45.